The Morgan fingerprint density at radius 2 is 0.626 bits per heavy atom. The van der Waals surface area contributed by atoms with Gasteiger partial charge in [-0.05, 0) is 183 Å². The van der Waals surface area contributed by atoms with Gasteiger partial charge in [0.15, 0.2) is 0 Å². The highest BCUT2D eigenvalue weighted by Crippen LogP contribution is 2.22. The third kappa shape index (κ3) is 74.4. The molecule has 1 rings (SSSR count). The Labute approximate surface area is 793 Å². The molecule has 6 atom stereocenters. The normalized spacial score (nSPS) is 13.2. The third-order valence-corrected chi connectivity index (χ3v) is 22.5. The van der Waals surface area contributed by atoms with Gasteiger partial charge >= 0.3 is 36.3 Å². The van der Waals surface area contributed by atoms with Crippen molar-refractivity contribution >= 4 is 83.5 Å². The van der Waals surface area contributed by atoms with Gasteiger partial charge in [0.2, 0.25) is 35.4 Å². The van der Waals surface area contributed by atoms with Crippen molar-refractivity contribution in [3.05, 3.63) is 35.9 Å². The molecule has 29 nitrogen and oxygen atoms in total. The van der Waals surface area contributed by atoms with E-state index in [1.165, 1.54) is 102 Å². The molecule has 0 aliphatic heterocycles. The van der Waals surface area contributed by atoms with Gasteiger partial charge in [-0.25, -0.2) is 19.2 Å². The quantitative estimate of drug-likeness (QED) is 0.0164. The summed E-state index contributed by atoms with van der Waals surface area (Å²) in [6.45, 7) is 34.0. The Morgan fingerprint density at radius 1 is 0.298 bits per heavy atom. The number of thioether (sulfide) groups is 1. The van der Waals surface area contributed by atoms with Crippen LogP contribution in [0.4, 0.5) is 19.2 Å². The van der Waals surface area contributed by atoms with Crippen molar-refractivity contribution in [2.24, 2.45) is 17.8 Å². The Kier molecular flexibility index (Phi) is 67.4. The minimum absolute atomic E-state index is 0.00789. The fourth-order valence-corrected chi connectivity index (χ4v) is 15.2. The molecule has 0 aliphatic rings. The molecular weight excluding hydrogens is 1690 g/mol. The van der Waals surface area contributed by atoms with Crippen LogP contribution in [0.15, 0.2) is 30.3 Å². The summed E-state index contributed by atoms with van der Waals surface area (Å²) in [5, 5.41) is 27.9. The van der Waals surface area contributed by atoms with E-state index in [0.29, 0.717) is 43.9 Å². The maximum atomic E-state index is 15.4. The smallest absolute Gasteiger partial charge is 0.407 e. The van der Waals surface area contributed by atoms with Crippen LogP contribution in [0, 0.1) is 17.8 Å². The number of alkyl carbamates (subject to hydrolysis) is 4. The number of amides is 10. The number of unbranched alkanes of at least 4 members (excludes halogenated alkanes) is 27. The minimum Gasteiger partial charge on any atom is -0.462 e. The lowest BCUT2D eigenvalue weighted by Gasteiger charge is -2.29. The van der Waals surface area contributed by atoms with Gasteiger partial charge in [0.05, 0.1) is 12.2 Å². The first-order chi connectivity index (χ1) is 62.0. The number of rotatable bonds is 75. The summed E-state index contributed by atoms with van der Waals surface area (Å²) in [5.41, 5.74) is -2.49. The highest BCUT2D eigenvalue weighted by Gasteiger charge is 2.35. The van der Waals surface area contributed by atoms with Crippen molar-refractivity contribution in [3.8, 4) is 0 Å². The fourth-order valence-electron chi connectivity index (χ4n) is 14.2. The van der Waals surface area contributed by atoms with Crippen LogP contribution in [0.5, 0.6) is 0 Å². The van der Waals surface area contributed by atoms with Crippen molar-refractivity contribution in [1.29, 1.82) is 0 Å². The van der Waals surface area contributed by atoms with Gasteiger partial charge < -0.3 is 86.3 Å². The largest absolute Gasteiger partial charge is 0.462 e. The zero-order valence-electron chi connectivity index (χ0n) is 84.5. The molecule has 0 fully saturated rings. The summed E-state index contributed by atoms with van der Waals surface area (Å²) >= 11 is 1.21. The molecule has 1 aromatic rings. The average molecular weight is 1870 g/mol. The third-order valence-electron chi connectivity index (χ3n) is 21.4. The van der Waals surface area contributed by atoms with Gasteiger partial charge in [-0.2, -0.15) is 11.8 Å². The van der Waals surface area contributed by atoms with Crippen LogP contribution < -0.4 is 53.2 Å². The summed E-state index contributed by atoms with van der Waals surface area (Å²) in [5.74, 6) is -3.06. The highest BCUT2D eigenvalue weighted by molar-refractivity contribution is 7.99. The molecule has 0 bridgehead atoms. The lowest BCUT2D eigenvalue weighted by atomic mass is 10.0. The Hall–Kier alpha value is -7.63. The molecule has 0 saturated carbocycles. The molecule has 0 radical (unpaired) electrons. The van der Waals surface area contributed by atoms with Gasteiger partial charge in [0, 0.05) is 63.5 Å². The zero-order chi connectivity index (χ0) is 97.7. The van der Waals surface area contributed by atoms with Crippen LogP contribution >= 0.6 is 11.8 Å². The maximum Gasteiger partial charge on any atom is 0.407 e. The van der Waals surface area contributed by atoms with Gasteiger partial charge in [0.25, 0.3) is 0 Å². The van der Waals surface area contributed by atoms with E-state index in [2.05, 4.69) is 94.7 Å². The number of carbonyl (C=O) groups excluding carboxylic acids is 12. The fraction of sp³-hybridized carbons (Fsp3) is 0.822. The molecule has 0 aliphatic carbocycles. The lowest BCUT2D eigenvalue weighted by molar-refractivity contribution is -0.157. The monoisotopic (exact) mass is 1870 g/mol. The standard InChI is InChI=1S/C101H182N10O19S/c1-76(2)55-41-34-28-22-19-25-31-37-46-63-86(112)107-85(75-131-74-80(127-88(114)65-48-39-33-27-21-24-30-36-43-57-78(5)6)72-124-87(113)64-47-38-32-26-20-23-29-35-42-56-77(3)4)93(119)111-84(73-126-98(7,8)9)92(118)110-83(62-51-54-68-105-97(123)130-101(16,17)18)91(117)109-82(61-50-53-67-104-96(122)129-100(13,14)15)90(116)108-81(60-49-52-66-103-95(121)128-99(10,11)12)89(115)102-69-70-106-94(120)125-71-79-58-44-40-45-59-79/h40,44-45,58-59,76-78,80-85H,19-39,41-43,46-57,60-75H2,1-18H3,(H,102,115)(H,103,121)(H,104,122)(H,105,123)(H,106,120)(H,107,112)(H,108,116)(H,109,117)(H,110,118)(H,111,119)/t80?,81-,82-,83-,84-,85-/m0/s1. The second kappa shape index (κ2) is 72.8. The van der Waals surface area contributed by atoms with E-state index >= 15 is 19.2 Å². The second-order valence-corrected chi connectivity index (χ2v) is 41.6. The van der Waals surface area contributed by atoms with Gasteiger partial charge in [-0.15, -0.1) is 0 Å². The predicted molar refractivity (Wildman–Crippen MR) is 522 cm³/mol. The van der Waals surface area contributed by atoms with Gasteiger partial charge in [-0.1, -0.05) is 245 Å². The van der Waals surface area contributed by atoms with Crippen LogP contribution in [-0.2, 0) is 78.1 Å². The second-order valence-electron chi connectivity index (χ2n) is 40.5. The number of hydrogen-bond donors (Lipinski definition) is 10. The van der Waals surface area contributed by atoms with E-state index in [1.807, 2.05) is 18.2 Å². The first-order valence-corrected chi connectivity index (χ1v) is 51.4. The maximum absolute atomic E-state index is 15.4. The topological polar surface area (TPSA) is 390 Å². The number of benzene rings is 1. The van der Waals surface area contributed by atoms with Crippen molar-refractivity contribution in [3.63, 3.8) is 0 Å². The van der Waals surface area contributed by atoms with Crippen LogP contribution in [0.1, 0.15) is 400 Å². The van der Waals surface area contributed by atoms with E-state index in [1.54, 1.807) is 95.2 Å². The van der Waals surface area contributed by atoms with Crippen molar-refractivity contribution in [1.82, 2.24) is 53.2 Å². The van der Waals surface area contributed by atoms with Crippen LogP contribution in [0.2, 0.25) is 0 Å². The van der Waals surface area contributed by atoms with E-state index < -0.39 is 137 Å². The number of nitrogens with one attached hydrogen (secondary N) is 10. The molecule has 756 valence electrons. The Morgan fingerprint density at radius 3 is 1.02 bits per heavy atom. The lowest BCUT2D eigenvalue weighted by Crippen LogP contribution is -2.60. The first kappa shape index (κ1) is 121. The van der Waals surface area contributed by atoms with E-state index in [9.17, 15) is 38.4 Å². The molecule has 0 aromatic heterocycles. The van der Waals surface area contributed by atoms with Crippen LogP contribution in [0.3, 0.4) is 0 Å². The molecule has 1 aromatic carbocycles. The molecule has 10 N–H and O–H groups in total. The molecule has 10 amide bonds. The zero-order valence-corrected chi connectivity index (χ0v) is 85.3. The molecule has 0 heterocycles. The molecule has 0 saturated heterocycles. The van der Waals surface area contributed by atoms with E-state index in [-0.39, 0.29) is 122 Å². The molecular formula is C101H182N10O19S. The average Bonchev–Trinajstić information content (AvgIpc) is 0.851. The van der Waals surface area contributed by atoms with Gasteiger partial charge in [0.1, 0.15) is 66.3 Å². The SMILES string of the molecule is CC(C)CCCCCCCCCCCC(=O)N[C@@H](CSCC(COC(=O)CCCCCCCCCCCC(C)C)OC(=O)CCCCCCCCCCCC(C)C)C(=O)N[C@@H](COC(C)(C)C)C(=O)N[C@@H](CCCCNC(=O)OC(C)(C)C)C(=O)N[C@@H](CCCCNC(=O)OC(C)(C)C)C(=O)N[C@@H](CCCCNC(=O)OC(C)(C)C)C(=O)NCCNC(=O)OCc1ccccc1. The summed E-state index contributed by atoms with van der Waals surface area (Å²) in [6, 6.07) is 2.14. The van der Waals surface area contributed by atoms with Crippen molar-refractivity contribution in [2.45, 2.75) is 460 Å². The number of esters is 2. The van der Waals surface area contributed by atoms with Gasteiger partial charge in [-0.3, -0.25) is 38.4 Å². The van der Waals surface area contributed by atoms with E-state index in [4.69, 9.17) is 33.2 Å². The summed E-state index contributed by atoms with van der Waals surface area (Å²) < 4.78 is 39.9. The van der Waals surface area contributed by atoms with Crippen LogP contribution in [-0.4, -0.2) is 188 Å². The highest BCUT2D eigenvalue weighted by atomic mass is 32.2. The number of hydrogen-bond acceptors (Lipinski definition) is 20. The Balaban J connectivity index is 3.96. The molecule has 0 spiro atoms. The Bertz CT molecular complexity index is 3290. The molecule has 1 unspecified atom stereocenters. The first-order valence-electron chi connectivity index (χ1n) is 50.2. The summed E-state index contributed by atoms with van der Waals surface area (Å²) in [4.78, 5) is 168. The summed E-state index contributed by atoms with van der Waals surface area (Å²) in [6.07, 6.45) is 30.7. The number of carbonyl (C=O) groups is 12. The molecule has 30 heteroatoms. The summed E-state index contributed by atoms with van der Waals surface area (Å²) in [7, 11) is 0. The van der Waals surface area contributed by atoms with E-state index in [0.717, 1.165) is 95.0 Å². The number of ether oxygens (including phenoxy) is 7. The minimum atomic E-state index is -1.53. The van der Waals surface area contributed by atoms with Crippen LogP contribution in [0.25, 0.3) is 0 Å². The van der Waals surface area contributed by atoms with Crippen molar-refractivity contribution in [2.75, 3.05) is 57.4 Å². The molecule has 131 heavy (non-hydrogen) atoms. The van der Waals surface area contributed by atoms with Crippen molar-refractivity contribution < 1.29 is 90.7 Å². The predicted octanol–water partition coefficient (Wildman–Crippen LogP) is 19.4.